The third kappa shape index (κ3) is 6.15. The Labute approximate surface area is 182 Å². The maximum absolute atomic E-state index is 13.1. The van der Waals surface area contributed by atoms with Gasteiger partial charge < -0.3 is 10.1 Å². The standard InChI is InChI=1S/C26H27FN2O2/c27-23-10-8-20(9-11-23)17-29-16-4-7-22(18-29)26(30)28-24-12-14-25(15-13-24)31-19-21-5-2-1-3-6-21/h1-3,5-6,8-15,22H,4,7,16-19H2,(H,28,30)/t22-/m0/s1. The molecule has 0 bridgehead atoms. The summed E-state index contributed by atoms with van der Waals surface area (Å²) in [4.78, 5) is 15.1. The van der Waals surface area contributed by atoms with Gasteiger partial charge in [-0.1, -0.05) is 42.5 Å². The van der Waals surface area contributed by atoms with Gasteiger partial charge in [0, 0.05) is 18.8 Å². The molecule has 1 fully saturated rings. The summed E-state index contributed by atoms with van der Waals surface area (Å²) in [5, 5.41) is 3.03. The monoisotopic (exact) mass is 418 g/mol. The number of likely N-dealkylation sites (tertiary alicyclic amines) is 1. The van der Waals surface area contributed by atoms with Crippen molar-refractivity contribution in [2.45, 2.75) is 26.0 Å². The van der Waals surface area contributed by atoms with Crippen LogP contribution in [0.1, 0.15) is 24.0 Å². The van der Waals surface area contributed by atoms with Crippen LogP contribution in [0, 0.1) is 11.7 Å². The molecule has 1 saturated heterocycles. The lowest BCUT2D eigenvalue weighted by molar-refractivity contribution is -0.121. The Morgan fingerprint density at radius 2 is 1.71 bits per heavy atom. The van der Waals surface area contributed by atoms with Crippen molar-refractivity contribution < 1.29 is 13.9 Å². The molecule has 0 unspecified atom stereocenters. The Bertz CT molecular complexity index is 975. The van der Waals surface area contributed by atoms with Crippen molar-refractivity contribution in [1.82, 2.24) is 4.90 Å². The van der Waals surface area contributed by atoms with Crippen LogP contribution >= 0.6 is 0 Å². The highest BCUT2D eigenvalue weighted by atomic mass is 19.1. The predicted molar refractivity (Wildman–Crippen MR) is 120 cm³/mol. The van der Waals surface area contributed by atoms with Gasteiger partial charge in [0.05, 0.1) is 5.92 Å². The van der Waals surface area contributed by atoms with Crippen LogP contribution in [0.4, 0.5) is 10.1 Å². The van der Waals surface area contributed by atoms with E-state index in [4.69, 9.17) is 4.74 Å². The highest BCUT2D eigenvalue weighted by molar-refractivity contribution is 5.92. The summed E-state index contributed by atoms with van der Waals surface area (Å²) < 4.78 is 18.9. The first-order valence-electron chi connectivity index (χ1n) is 10.7. The van der Waals surface area contributed by atoms with Crippen molar-refractivity contribution >= 4 is 11.6 Å². The molecule has 0 aromatic heterocycles. The van der Waals surface area contributed by atoms with Gasteiger partial charge in [-0.05, 0) is 66.9 Å². The van der Waals surface area contributed by atoms with Gasteiger partial charge in [-0.3, -0.25) is 9.69 Å². The molecular weight excluding hydrogens is 391 g/mol. The molecule has 0 aliphatic carbocycles. The molecule has 1 aliphatic heterocycles. The van der Waals surface area contributed by atoms with E-state index < -0.39 is 0 Å². The molecular formula is C26H27FN2O2. The highest BCUT2D eigenvalue weighted by Crippen LogP contribution is 2.22. The quantitative estimate of drug-likeness (QED) is 0.569. The number of piperidine rings is 1. The molecule has 4 nitrogen and oxygen atoms in total. The zero-order valence-electron chi connectivity index (χ0n) is 17.5. The molecule has 5 heteroatoms. The lowest BCUT2D eigenvalue weighted by Gasteiger charge is -2.32. The number of amides is 1. The third-order valence-corrected chi connectivity index (χ3v) is 5.57. The Hall–Kier alpha value is -3.18. The van der Waals surface area contributed by atoms with Gasteiger partial charge >= 0.3 is 0 Å². The molecule has 3 aromatic carbocycles. The van der Waals surface area contributed by atoms with Gasteiger partial charge in [0.1, 0.15) is 18.2 Å². The van der Waals surface area contributed by atoms with E-state index in [0.717, 1.165) is 48.5 Å². The summed E-state index contributed by atoms with van der Waals surface area (Å²) in [6, 6.07) is 24.1. The molecule has 0 radical (unpaired) electrons. The Kier molecular flexibility index (Phi) is 6.95. The van der Waals surface area contributed by atoms with E-state index in [1.807, 2.05) is 54.6 Å². The summed E-state index contributed by atoms with van der Waals surface area (Å²) in [6.45, 7) is 2.91. The van der Waals surface area contributed by atoms with E-state index in [1.54, 1.807) is 12.1 Å². The average Bonchev–Trinajstić information content (AvgIpc) is 2.81. The van der Waals surface area contributed by atoms with Gasteiger partial charge in [-0.15, -0.1) is 0 Å². The van der Waals surface area contributed by atoms with Crippen molar-refractivity contribution in [3.8, 4) is 5.75 Å². The number of carbonyl (C=O) groups is 1. The second-order valence-electron chi connectivity index (χ2n) is 7.99. The molecule has 0 spiro atoms. The number of nitrogens with one attached hydrogen (secondary N) is 1. The summed E-state index contributed by atoms with van der Waals surface area (Å²) in [6.07, 6.45) is 1.86. The SMILES string of the molecule is O=C(Nc1ccc(OCc2ccccc2)cc1)[C@H]1CCCN(Cc2ccc(F)cc2)C1. The number of hydrogen-bond acceptors (Lipinski definition) is 3. The van der Waals surface area contributed by atoms with Crippen molar-refractivity contribution in [2.24, 2.45) is 5.92 Å². The van der Waals surface area contributed by atoms with E-state index in [0.29, 0.717) is 13.2 Å². The maximum Gasteiger partial charge on any atom is 0.228 e. The molecule has 3 aromatic rings. The van der Waals surface area contributed by atoms with E-state index in [9.17, 15) is 9.18 Å². The number of nitrogens with zero attached hydrogens (tertiary/aromatic N) is 1. The second-order valence-corrected chi connectivity index (χ2v) is 7.99. The summed E-state index contributed by atoms with van der Waals surface area (Å²) >= 11 is 0. The number of rotatable bonds is 7. The van der Waals surface area contributed by atoms with Crippen LogP contribution in [0.2, 0.25) is 0 Å². The van der Waals surface area contributed by atoms with Crippen LogP contribution in [0.5, 0.6) is 5.75 Å². The lowest BCUT2D eigenvalue weighted by atomic mass is 9.96. The number of anilines is 1. The molecule has 160 valence electrons. The topological polar surface area (TPSA) is 41.6 Å². The molecule has 1 heterocycles. The van der Waals surface area contributed by atoms with Crippen molar-refractivity contribution in [1.29, 1.82) is 0 Å². The zero-order valence-corrected chi connectivity index (χ0v) is 17.5. The lowest BCUT2D eigenvalue weighted by Crippen LogP contribution is -2.40. The number of ether oxygens (including phenoxy) is 1. The van der Waals surface area contributed by atoms with Gasteiger partial charge in [-0.25, -0.2) is 4.39 Å². The van der Waals surface area contributed by atoms with Crippen LogP contribution in [0.3, 0.4) is 0 Å². The molecule has 1 amide bonds. The maximum atomic E-state index is 13.1. The van der Waals surface area contributed by atoms with Crippen LogP contribution in [0.25, 0.3) is 0 Å². The smallest absolute Gasteiger partial charge is 0.228 e. The average molecular weight is 419 g/mol. The molecule has 31 heavy (non-hydrogen) atoms. The first-order chi connectivity index (χ1) is 15.2. The normalized spacial score (nSPS) is 16.6. The second kappa shape index (κ2) is 10.2. The third-order valence-electron chi connectivity index (χ3n) is 5.57. The number of hydrogen-bond donors (Lipinski definition) is 1. The van der Waals surface area contributed by atoms with Crippen LogP contribution in [0.15, 0.2) is 78.9 Å². The Morgan fingerprint density at radius 3 is 2.45 bits per heavy atom. The number of halogens is 1. The molecule has 1 atom stereocenters. The first-order valence-corrected chi connectivity index (χ1v) is 10.7. The fourth-order valence-electron chi connectivity index (χ4n) is 3.88. The highest BCUT2D eigenvalue weighted by Gasteiger charge is 2.25. The van der Waals surface area contributed by atoms with E-state index in [1.165, 1.54) is 12.1 Å². The van der Waals surface area contributed by atoms with Gasteiger partial charge in [0.15, 0.2) is 0 Å². The molecule has 0 saturated carbocycles. The van der Waals surface area contributed by atoms with Crippen molar-refractivity contribution in [3.63, 3.8) is 0 Å². The minimum absolute atomic E-state index is 0.0433. The Balaban J connectivity index is 1.27. The molecule has 1 aliphatic rings. The van der Waals surface area contributed by atoms with Crippen molar-refractivity contribution in [2.75, 3.05) is 18.4 Å². The van der Waals surface area contributed by atoms with Gasteiger partial charge in [-0.2, -0.15) is 0 Å². The molecule has 1 N–H and O–H groups in total. The van der Waals surface area contributed by atoms with Crippen LogP contribution < -0.4 is 10.1 Å². The number of benzene rings is 3. The summed E-state index contributed by atoms with van der Waals surface area (Å²) in [7, 11) is 0. The minimum Gasteiger partial charge on any atom is -0.489 e. The predicted octanol–water partition coefficient (Wildman–Crippen LogP) is 5.26. The Morgan fingerprint density at radius 1 is 0.968 bits per heavy atom. The largest absolute Gasteiger partial charge is 0.489 e. The van der Waals surface area contributed by atoms with Crippen molar-refractivity contribution in [3.05, 3.63) is 95.8 Å². The first kappa shape index (κ1) is 21.1. The van der Waals surface area contributed by atoms with E-state index in [2.05, 4.69) is 10.2 Å². The number of carbonyl (C=O) groups excluding carboxylic acids is 1. The zero-order chi connectivity index (χ0) is 21.5. The van der Waals surface area contributed by atoms with Crippen LogP contribution in [-0.4, -0.2) is 23.9 Å². The van der Waals surface area contributed by atoms with Gasteiger partial charge in [0.25, 0.3) is 0 Å². The van der Waals surface area contributed by atoms with Gasteiger partial charge in [0.2, 0.25) is 5.91 Å². The summed E-state index contributed by atoms with van der Waals surface area (Å²) in [5.41, 5.74) is 2.95. The fourth-order valence-corrected chi connectivity index (χ4v) is 3.88. The minimum atomic E-state index is -0.226. The van der Waals surface area contributed by atoms with E-state index >= 15 is 0 Å². The van der Waals surface area contributed by atoms with Crippen LogP contribution in [-0.2, 0) is 17.9 Å². The fraction of sp³-hybridized carbons (Fsp3) is 0.269. The molecule has 4 rings (SSSR count). The summed E-state index contributed by atoms with van der Waals surface area (Å²) in [5.74, 6) is 0.533. The van der Waals surface area contributed by atoms with E-state index in [-0.39, 0.29) is 17.6 Å².